The zero-order valence-electron chi connectivity index (χ0n) is 7.79. The molecule has 0 heterocycles. The van der Waals surface area contributed by atoms with Crippen molar-refractivity contribution in [2.45, 2.75) is 50.8 Å². The highest BCUT2D eigenvalue weighted by Crippen LogP contribution is 2.16. The first kappa shape index (κ1) is 9.96. The molecule has 1 aliphatic carbocycles. The molecule has 1 aliphatic rings. The summed E-state index contributed by atoms with van der Waals surface area (Å²) in [6.07, 6.45) is 3.99. The number of hydrogen-bond acceptors (Lipinski definition) is 3. The maximum absolute atomic E-state index is 9.29. The summed E-state index contributed by atoms with van der Waals surface area (Å²) < 4.78 is 0. The van der Waals surface area contributed by atoms with Crippen LogP contribution in [0.15, 0.2) is 0 Å². The summed E-state index contributed by atoms with van der Waals surface area (Å²) in [4.78, 5) is 0. The standard InChI is InChI=1S/C9H20N2O/c1-2-9(12)6-11-8-4-3-7(10)5-8/h7-9,11-12H,2-6,10H2,1H3. The molecule has 0 amide bonds. The molecule has 12 heavy (non-hydrogen) atoms. The van der Waals surface area contributed by atoms with Crippen molar-refractivity contribution in [1.82, 2.24) is 5.32 Å². The van der Waals surface area contributed by atoms with Crippen molar-refractivity contribution in [2.75, 3.05) is 6.54 Å². The molecule has 3 nitrogen and oxygen atoms in total. The molecule has 3 heteroatoms. The Morgan fingerprint density at radius 2 is 2.33 bits per heavy atom. The van der Waals surface area contributed by atoms with E-state index < -0.39 is 0 Å². The monoisotopic (exact) mass is 172 g/mol. The van der Waals surface area contributed by atoms with Gasteiger partial charge in [0.1, 0.15) is 0 Å². The van der Waals surface area contributed by atoms with E-state index in [0.717, 1.165) is 25.7 Å². The predicted molar refractivity (Wildman–Crippen MR) is 49.9 cm³/mol. The van der Waals surface area contributed by atoms with Crippen molar-refractivity contribution in [3.8, 4) is 0 Å². The summed E-state index contributed by atoms with van der Waals surface area (Å²) in [7, 11) is 0. The zero-order valence-corrected chi connectivity index (χ0v) is 7.79. The number of rotatable bonds is 4. The summed E-state index contributed by atoms with van der Waals surface area (Å²) in [5, 5.41) is 12.6. The first-order valence-corrected chi connectivity index (χ1v) is 4.89. The van der Waals surface area contributed by atoms with Crippen molar-refractivity contribution in [1.29, 1.82) is 0 Å². The van der Waals surface area contributed by atoms with Gasteiger partial charge < -0.3 is 16.2 Å². The summed E-state index contributed by atoms with van der Waals surface area (Å²) in [5.74, 6) is 0. The Morgan fingerprint density at radius 1 is 1.58 bits per heavy atom. The zero-order chi connectivity index (χ0) is 8.97. The van der Waals surface area contributed by atoms with Crippen LogP contribution in [0, 0.1) is 0 Å². The molecule has 1 rings (SSSR count). The number of nitrogens with two attached hydrogens (primary N) is 1. The molecule has 0 spiro atoms. The van der Waals surface area contributed by atoms with Crippen LogP contribution >= 0.6 is 0 Å². The van der Waals surface area contributed by atoms with E-state index in [2.05, 4.69) is 5.32 Å². The maximum atomic E-state index is 9.29. The first-order valence-electron chi connectivity index (χ1n) is 4.89. The fourth-order valence-corrected chi connectivity index (χ4v) is 1.65. The van der Waals surface area contributed by atoms with Crippen molar-refractivity contribution in [3.63, 3.8) is 0 Å². The molecule has 0 aliphatic heterocycles. The van der Waals surface area contributed by atoms with Gasteiger partial charge in [-0.2, -0.15) is 0 Å². The Labute approximate surface area is 74.3 Å². The van der Waals surface area contributed by atoms with Crippen LogP contribution < -0.4 is 11.1 Å². The van der Waals surface area contributed by atoms with Gasteiger partial charge in [-0.25, -0.2) is 0 Å². The van der Waals surface area contributed by atoms with Crippen LogP contribution in [0.3, 0.4) is 0 Å². The fraction of sp³-hybridized carbons (Fsp3) is 1.00. The van der Waals surface area contributed by atoms with E-state index in [9.17, 15) is 5.11 Å². The smallest absolute Gasteiger partial charge is 0.0662 e. The topological polar surface area (TPSA) is 58.3 Å². The van der Waals surface area contributed by atoms with Crippen molar-refractivity contribution >= 4 is 0 Å². The van der Waals surface area contributed by atoms with E-state index in [1.165, 1.54) is 0 Å². The summed E-state index contributed by atoms with van der Waals surface area (Å²) in [6.45, 7) is 2.71. The van der Waals surface area contributed by atoms with Gasteiger partial charge in [0.05, 0.1) is 6.10 Å². The Morgan fingerprint density at radius 3 is 2.83 bits per heavy atom. The number of hydrogen-bond donors (Lipinski definition) is 3. The van der Waals surface area contributed by atoms with Gasteiger partial charge in [0.15, 0.2) is 0 Å². The summed E-state index contributed by atoms with van der Waals surface area (Å²) in [6, 6.07) is 0.919. The third kappa shape index (κ3) is 3.09. The minimum absolute atomic E-state index is 0.193. The van der Waals surface area contributed by atoms with Crippen molar-refractivity contribution in [3.05, 3.63) is 0 Å². The molecule has 1 saturated carbocycles. The molecule has 72 valence electrons. The van der Waals surface area contributed by atoms with Crippen molar-refractivity contribution < 1.29 is 5.11 Å². The van der Waals surface area contributed by atoms with E-state index in [1.807, 2.05) is 6.92 Å². The van der Waals surface area contributed by atoms with Gasteiger partial charge >= 0.3 is 0 Å². The fourth-order valence-electron chi connectivity index (χ4n) is 1.65. The third-order valence-corrected chi connectivity index (χ3v) is 2.59. The molecule has 0 bridgehead atoms. The normalized spacial score (nSPS) is 32.2. The Kier molecular flexibility index (Phi) is 3.98. The lowest BCUT2D eigenvalue weighted by atomic mass is 10.2. The van der Waals surface area contributed by atoms with Crippen LogP contribution in [-0.4, -0.2) is 29.8 Å². The molecule has 3 unspecified atom stereocenters. The summed E-state index contributed by atoms with van der Waals surface area (Å²) in [5.41, 5.74) is 5.76. The van der Waals surface area contributed by atoms with Gasteiger partial charge in [-0.15, -0.1) is 0 Å². The van der Waals surface area contributed by atoms with Crippen molar-refractivity contribution in [2.24, 2.45) is 5.73 Å². The number of nitrogens with one attached hydrogen (secondary N) is 1. The molecule has 0 radical (unpaired) electrons. The van der Waals surface area contributed by atoms with Gasteiger partial charge in [0.2, 0.25) is 0 Å². The van der Waals surface area contributed by atoms with Gasteiger partial charge in [-0.1, -0.05) is 6.92 Å². The first-order chi connectivity index (χ1) is 5.72. The minimum Gasteiger partial charge on any atom is -0.392 e. The quantitative estimate of drug-likeness (QED) is 0.569. The largest absolute Gasteiger partial charge is 0.392 e. The number of aliphatic hydroxyl groups is 1. The predicted octanol–water partition coefficient (Wildman–Crippen LogP) is 0.227. The van der Waals surface area contributed by atoms with Gasteiger partial charge in [0, 0.05) is 18.6 Å². The second-order valence-corrected chi connectivity index (χ2v) is 3.74. The number of aliphatic hydroxyl groups excluding tert-OH is 1. The highest BCUT2D eigenvalue weighted by molar-refractivity contribution is 4.83. The van der Waals surface area contributed by atoms with Gasteiger partial charge in [0.25, 0.3) is 0 Å². The van der Waals surface area contributed by atoms with Crippen LogP contribution in [0.4, 0.5) is 0 Å². The van der Waals surface area contributed by atoms with Gasteiger partial charge in [-0.05, 0) is 25.7 Å². The van der Waals surface area contributed by atoms with E-state index in [-0.39, 0.29) is 6.10 Å². The van der Waals surface area contributed by atoms with Crippen LogP contribution in [0.2, 0.25) is 0 Å². The Hall–Kier alpha value is -0.120. The molecule has 4 N–H and O–H groups in total. The average molecular weight is 172 g/mol. The molecule has 0 aromatic carbocycles. The Balaban J connectivity index is 2.07. The van der Waals surface area contributed by atoms with E-state index in [4.69, 9.17) is 5.73 Å². The summed E-state index contributed by atoms with van der Waals surface area (Å²) >= 11 is 0. The maximum Gasteiger partial charge on any atom is 0.0662 e. The van der Waals surface area contributed by atoms with Crippen LogP contribution in [0.25, 0.3) is 0 Å². The molecular weight excluding hydrogens is 152 g/mol. The van der Waals surface area contributed by atoms with Gasteiger partial charge in [-0.3, -0.25) is 0 Å². The van der Waals surface area contributed by atoms with Crippen LogP contribution in [0.5, 0.6) is 0 Å². The average Bonchev–Trinajstić information content (AvgIpc) is 2.47. The third-order valence-electron chi connectivity index (χ3n) is 2.59. The minimum atomic E-state index is -0.193. The second kappa shape index (κ2) is 4.80. The second-order valence-electron chi connectivity index (χ2n) is 3.74. The molecular formula is C9H20N2O. The molecule has 0 aromatic rings. The lowest BCUT2D eigenvalue weighted by Crippen LogP contribution is -2.34. The molecule has 1 fully saturated rings. The molecule has 0 aromatic heterocycles. The van der Waals surface area contributed by atoms with Crippen LogP contribution in [0.1, 0.15) is 32.6 Å². The lowest BCUT2D eigenvalue weighted by Gasteiger charge is -2.14. The SMILES string of the molecule is CCC(O)CNC1CCC(N)C1. The van der Waals surface area contributed by atoms with E-state index >= 15 is 0 Å². The van der Waals surface area contributed by atoms with Crippen LogP contribution in [-0.2, 0) is 0 Å². The molecule has 0 saturated heterocycles. The van der Waals surface area contributed by atoms with E-state index in [0.29, 0.717) is 18.6 Å². The Bertz CT molecular complexity index is 130. The lowest BCUT2D eigenvalue weighted by molar-refractivity contribution is 0.163. The highest BCUT2D eigenvalue weighted by atomic mass is 16.3. The van der Waals surface area contributed by atoms with E-state index in [1.54, 1.807) is 0 Å². The highest BCUT2D eigenvalue weighted by Gasteiger charge is 2.21. The molecule has 3 atom stereocenters.